The average Bonchev–Trinajstić information content (AvgIpc) is 2.99. The summed E-state index contributed by atoms with van der Waals surface area (Å²) in [5, 5.41) is 0. The molecule has 146 valence electrons. The van der Waals surface area contributed by atoms with Crippen molar-refractivity contribution in [3.8, 4) is 0 Å². The molecule has 2 heterocycles. The topological polar surface area (TPSA) is 79.8 Å². The van der Waals surface area contributed by atoms with Crippen molar-refractivity contribution in [1.82, 2.24) is 9.80 Å². The van der Waals surface area contributed by atoms with E-state index in [2.05, 4.69) is 0 Å². The lowest BCUT2D eigenvalue weighted by Crippen LogP contribution is -2.57. The third-order valence-corrected chi connectivity index (χ3v) is 4.94. The lowest BCUT2D eigenvalue weighted by Gasteiger charge is -2.38. The quantitative estimate of drug-likeness (QED) is 0.871. The van der Waals surface area contributed by atoms with Gasteiger partial charge in [0.05, 0.1) is 5.56 Å². The lowest BCUT2D eigenvalue weighted by molar-refractivity contribution is -0.138. The molecule has 6 nitrogen and oxygen atoms in total. The second-order valence-corrected chi connectivity index (χ2v) is 6.98. The van der Waals surface area contributed by atoms with Gasteiger partial charge in [-0.1, -0.05) is 30.3 Å². The van der Waals surface area contributed by atoms with Crippen molar-refractivity contribution >= 4 is 24.2 Å². The molecule has 1 aromatic carbocycles. The Balaban J connectivity index is 0.00000261. The monoisotopic (exact) mass is 391 g/mol. The van der Waals surface area contributed by atoms with Crippen LogP contribution in [0.1, 0.15) is 34.4 Å². The van der Waals surface area contributed by atoms with E-state index in [1.807, 2.05) is 37.3 Å². The number of piperazine rings is 1. The van der Waals surface area contributed by atoms with Gasteiger partial charge in [0.15, 0.2) is 0 Å². The van der Waals surface area contributed by atoms with Crippen molar-refractivity contribution in [2.24, 2.45) is 5.73 Å². The number of carbonyl (C=O) groups is 2. The molecule has 0 spiro atoms. The first-order chi connectivity index (χ1) is 12.3. The van der Waals surface area contributed by atoms with Crippen LogP contribution in [0.3, 0.4) is 0 Å². The fraction of sp³-hybridized carbons (Fsp3) is 0.400. The minimum Gasteiger partial charge on any atom is -0.466 e. The molecule has 1 atom stereocenters. The summed E-state index contributed by atoms with van der Waals surface area (Å²) in [6, 6.07) is 11.1. The van der Waals surface area contributed by atoms with Crippen LogP contribution in [0.2, 0.25) is 0 Å². The highest BCUT2D eigenvalue weighted by Crippen LogP contribution is 2.22. The summed E-state index contributed by atoms with van der Waals surface area (Å²) >= 11 is 0. The normalized spacial score (nSPS) is 16.4. The Morgan fingerprint density at radius 2 is 1.59 bits per heavy atom. The number of furan rings is 1. The summed E-state index contributed by atoms with van der Waals surface area (Å²) in [7, 11) is 0. The fourth-order valence-corrected chi connectivity index (χ4v) is 3.36. The zero-order valence-electron chi connectivity index (χ0n) is 15.9. The Bertz CT molecular complexity index is 809. The summed E-state index contributed by atoms with van der Waals surface area (Å²) in [4.78, 5) is 29.1. The highest BCUT2D eigenvalue weighted by Gasteiger charge is 2.36. The highest BCUT2D eigenvalue weighted by molar-refractivity contribution is 5.95. The molecule has 2 amide bonds. The molecule has 3 rings (SSSR count). The van der Waals surface area contributed by atoms with E-state index in [0.29, 0.717) is 37.5 Å². The number of carbonyl (C=O) groups excluding carboxylic acids is 2. The van der Waals surface area contributed by atoms with Crippen LogP contribution in [0.15, 0.2) is 40.8 Å². The molecule has 2 N–H and O–H groups in total. The first kappa shape index (κ1) is 21.0. The first-order valence-corrected chi connectivity index (χ1v) is 8.81. The van der Waals surface area contributed by atoms with Crippen molar-refractivity contribution in [2.75, 3.05) is 26.2 Å². The van der Waals surface area contributed by atoms with Crippen molar-refractivity contribution in [3.63, 3.8) is 0 Å². The second-order valence-electron chi connectivity index (χ2n) is 6.98. The van der Waals surface area contributed by atoms with E-state index >= 15 is 0 Å². The maximum Gasteiger partial charge on any atom is 0.257 e. The van der Waals surface area contributed by atoms with Crippen LogP contribution >= 0.6 is 12.4 Å². The van der Waals surface area contributed by atoms with E-state index in [0.717, 1.165) is 11.3 Å². The van der Waals surface area contributed by atoms with Crippen LogP contribution in [-0.4, -0.2) is 47.8 Å². The molecule has 1 aliphatic rings. The van der Waals surface area contributed by atoms with Gasteiger partial charge in [-0.3, -0.25) is 9.59 Å². The lowest BCUT2D eigenvalue weighted by atomic mass is 9.91. The molecule has 1 aliphatic heterocycles. The minimum atomic E-state index is -1.08. The molecule has 0 aliphatic carbocycles. The Morgan fingerprint density at radius 3 is 2.11 bits per heavy atom. The number of nitrogens with two attached hydrogens (primary N) is 1. The van der Waals surface area contributed by atoms with Crippen molar-refractivity contribution < 1.29 is 14.0 Å². The predicted octanol–water partition coefficient (Wildman–Crippen LogP) is 2.48. The highest BCUT2D eigenvalue weighted by atomic mass is 35.5. The number of hydrogen-bond acceptors (Lipinski definition) is 4. The molecule has 1 unspecified atom stereocenters. The maximum atomic E-state index is 12.9. The Labute approximate surface area is 165 Å². The van der Waals surface area contributed by atoms with Crippen LogP contribution in [0, 0.1) is 13.8 Å². The molecule has 2 aromatic rings. The van der Waals surface area contributed by atoms with E-state index in [1.54, 1.807) is 29.7 Å². The smallest absolute Gasteiger partial charge is 0.257 e. The van der Waals surface area contributed by atoms with Gasteiger partial charge in [-0.25, -0.2) is 0 Å². The van der Waals surface area contributed by atoms with E-state index < -0.39 is 5.54 Å². The van der Waals surface area contributed by atoms with Gasteiger partial charge in [0.25, 0.3) is 5.91 Å². The SMILES string of the molecule is Cc1cc(C(=O)N2CCN(C(=O)C(C)(N)c3ccccc3)CC2)c(C)o1.Cl. The summed E-state index contributed by atoms with van der Waals surface area (Å²) in [6.45, 7) is 7.27. The van der Waals surface area contributed by atoms with Crippen LogP contribution in [0.25, 0.3) is 0 Å². The Kier molecular flexibility index (Phi) is 6.34. The standard InChI is InChI=1S/C20H25N3O3.ClH/c1-14-13-17(15(2)26-14)18(24)22-9-11-23(12-10-22)19(25)20(3,21)16-7-5-4-6-8-16;/h4-8,13H,9-12,21H2,1-3H3;1H. The molecular weight excluding hydrogens is 366 g/mol. The van der Waals surface area contributed by atoms with Gasteiger partial charge >= 0.3 is 0 Å². The number of halogens is 1. The largest absolute Gasteiger partial charge is 0.466 e. The van der Waals surface area contributed by atoms with Gasteiger partial charge in [-0.15, -0.1) is 12.4 Å². The minimum absolute atomic E-state index is 0. The third-order valence-electron chi connectivity index (χ3n) is 4.94. The van der Waals surface area contributed by atoms with E-state index in [-0.39, 0.29) is 24.2 Å². The number of amides is 2. The zero-order chi connectivity index (χ0) is 18.9. The molecule has 7 heteroatoms. The van der Waals surface area contributed by atoms with Gasteiger partial charge in [-0.2, -0.15) is 0 Å². The van der Waals surface area contributed by atoms with Gasteiger partial charge in [-0.05, 0) is 32.4 Å². The van der Waals surface area contributed by atoms with E-state index in [9.17, 15) is 9.59 Å². The van der Waals surface area contributed by atoms with Crippen molar-refractivity contribution in [2.45, 2.75) is 26.3 Å². The van der Waals surface area contributed by atoms with Gasteiger partial charge in [0, 0.05) is 26.2 Å². The van der Waals surface area contributed by atoms with Gasteiger partial charge < -0.3 is 20.0 Å². The Hall–Kier alpha value is -2.31. The van der Waals surface area contributed by atoms with E-state index in [1.165, 1.54) is 0 Å². The molecule has 0 saturated carbocycles. The van der Waals surface area contributed by atoms with Crippen LogP contribution in [-0.2, 0) is 10.3 Å². The summed E-state index contributed by atoms with van der Waals surface area (Å²) in [5.41, 5.74) is 6.64. The molecule has 27 heavy (non-hydrogen) atoms. The van der Waals surface area contributed by atoms with Gasteiger partial charge in [0.2, 0.25) is 5.91 Å². The maximum absolute atomic E-state index is 12.9. The van der Waals surface area contributed by atoms with Crippen LogP contribution < -0.4 is 5.73 Å². The van der Waals surface area contributed by atoms with Gasteiger partial charge in [0.1, 0.15) is 17.1 Å². The molecule has 1 saturated heterocycles. The molecule has 0 bridgehead atoms. The molecule has 1 aromatic heterocycles. The third kappa shape index (κ3) is 4.17. The fourth-order valence-electron chi connectivity index (χ4n) is 3.36. The van der Waals surface area contributed by atoms with Crippen LogP contribution in [0.5, 0.6) is 0 Å². The molecular formula is C20H26ClN3O3. The summed E-state index contributed by atoms with van der Waals surface area (Å²) < 4.78 is 5.45. The Morgan fingerprint density at radius 1 is 1.04 bits per heavy atom. The second kappa shape index (κ2) is 8.15. The number of rotatable bonds is 3. The molecule has 0 radical (unpaired) electrons. The van der Waals surface area contributed by atoms with E-state index in [4.69, 9.17) is 10.2 Å². The van der Waals surface area contributed by atoms with Crippen molar-refractivity contribution in [3.05, 3.63) is 59.0 Å². The average molecular weight is 392 g/mol. The zero-order valence-corrected chi connectivity index (χ0v) is 16.7. The molecule has 1 fully saturated rings. The number of hydrogen-bond donors (Lipinski definition) is 1. The first-order valence-electron chi connectivity index (χ1n) is 8.81. The predicted molar refractivity (Wildman–Crippen MR) is 106 cm³/mol. The number of benzene rings is 1. The number of aryl methyl sites for hydroxylation is 2. The summed E-state index contributed by atoms with van der Waals surface area (Å²) in [6.07, 6.45) is 0. The number of nitrogens with zero attached hydrogens (tertiary/aromatic N) is 2. The summed E-state index contributed by atoms with van der Waals surface area (Å²) in [5.74, 6) is 1.18. The van der Waals surface area contributed by atoms with Crippen molar-refractivity contribution in [1.29, 1.82) is 0 Å². The van der Waals surface area contributed by atoms with Crippen LogP contribution in [0.4, 0.5) is 0 Å².